The molecule has 1 aliphatic carbocycles. The zero-order valence-corrected chi connectivity index (χ0v) is 17.1. The number of ether oxygens (including phenoxy) is 2. The molecule has 0 saturated heterocycles. The Hall–Kier alpha value is 1.14. The molecule has 112 valence electrons. The Kier molecular flexibility index (Phi) is 87.0. The van der Waals surface area contributed by atoms with E-state index in [2.05, 4.69) is 28.5 Å². The van der Waals surface area contributed by atoms with Gasteiger partial charge in [-0.25, -0.2) is 12.2 Å². The Morgan fingerprint density at radius 3 is 1.61 bits per heavy atom. The van der Waals surface area contributed by atoms with Crippen LogP contribution < -0.4 is 37.2 Å². The van der Waals surface area contributed by atoms with Gasteiger partial charge in [0, 0.05) is 40.1 Å². The second-order valence-electron chi connectivity index (χ2n) is 2.49. The predicted molar refractivity (Wildman–Crippen MR) is 61.0 cm³/mol. The van der Waals surface area contributed by atoms with Gasteiger partial charge in [0.25, 0.3) is 0 Å². The van der Waals surface area contributed by atoms with Crippen molar-refractivity contribution in [2.24, 2.45) is 0 Å². The van der Waals surface area contributed by atoms with Gasteiger partial charge >= 0.3 is 0 Å². The molecule has 0 aromatic heterocycles. The molecule has 0 N–H and O–H groups in total. The molecule has 18 heavy (non-hydrogen) atoms. The van der Waals surface area contributed by atoms with Crippen molar-refractivity contribution in [1.29, 1.82) is 0 Å². The first kappa shape index (κ1) is 36.5. The molecule has 1 rings (SSSR count). The number of hydrogen-bond acceptors (Lipinski definition) is 2. The van der Waals surface area contributed by atoms with Crippen LogP contribution in [0.1, 0.15) is 19.8 Å². The summed E-state index contributed by atoms with van der Waals surface area (Å²) in [6, 6.07) is 0. The fourth-order valence-electron chi connectivity index (χ4n) is 0.507. The average Bonchev–Trinajstić information content (AvgIpc) is 2.74. The van der Waals surface area contributed by atoms with E-state index in [4.69, 9.17) is 0 Å². The molecule has 0 radical (unpaired) electrons. The third kappa shape index (κ3) is 53.4. The Labute approximate surface area is 150 Å². The molecule has 0 heterocycles. The van der Waals surface area contributed by atoms with E-state index in [9.17, 15) is 0 Å². The van der Waals surface area contributed by atoms with Crippen LogP contribution in [-0.2, 0) is 35.3 Å². The molecule has 2 nitrogen and oxygen atoms in total. The van der Waals surface area contributed by atoms with Crippen molar-refractivity contribution in [2.45, 2.75) is 19.8 Å². The fourth-order valence-corrected chi connectivity index (χ4v) is 0.507. The summed E-state index contributed by atoms with van der Waals surface area (Å²) in [4.78, 5) is 0. The number of rotatable bonds is 3. The summed E-state index contributed by atoms with van der Waals surface area (Å²) in [5.74, 6) is 0. The van der Waals surface area contributed by atoms with Crippen LogP contribution in [0.15, 0.2) is 18.2 Å². The molecule has 0 fully saturated rings. The molecule has 0 unspecified atom stereocenters. The Morgan fingerprint density at radius 2 is 1.50 bits per heavy atom. The summed E-state index contributed by atoms with van der Waals surface area (Å²) in [5.41, 5.74) is 0. The Bertz CT molecular complexity index is 131. The van der Waals surface area contributed by atoms with Gasteiger partial charge in [-0.15, -0.1) is 6.42 Å². The van der Waals surface area contributed by atoms with Crippen molar-refractivity contribution in [3.8, 4) is 0 Å². The van der Waals surface area contributed by atoms with Crippen LogP contribution in [0.4, 0.5) is 0 Å². The molecule has 0 spiro atoms. The van der Waals surface area contributed by atoms with Gasteiger partial charge in [-0.05, 0) is 0 Å². The molecule has 0 atom stereocenters. The third-order valence-electron chi connectivity index (χ3n) is 1.08. The molecule has 0 amide bonds. The molecule has 1 aliphatic rings. The number of hydrogen-bond donors (Lipinski definition) is 0. The first-order valence-corrected chi connectivity index (χ1v) is 4.82. The summed E-state index contributed by atoms with van der Waals surface area (Å²) in [5, 5.41) is 0. The summed E-state index contributed by atoms with van der Waals surface area (Å²) in [6.07, 6.45) is 11.0. The van der Waals surface area contributed by atoms with Gasteiger partial charge in [0.15, 0.2) is 0 Å². The van der Waals surface area contributed by atoms with Crippen molar-refractivity contribution in [3.05, 3.63) is 31.2 Å². The third-order valence-corrected chi connectivity index (χ3v) is 1.08. The maximum atomic E-state index is 4.66. The van der Waals surface area contributed by atoms with Gasteiger partial charge in [0.2, 0.25) is 0 Å². The van der Waals surface area contributed by atoms with Crippen molar-refractivity contribution >= 4 is 0 Å². The zero-order chi connectivity index (χ0) is 11.1. The first-order chi connectivity index (χ1) is 6.83. The Morgan fingerprint density at radius 1 is 1.11 bits per heavy atom. The van der Waals surface area contributed by atoms with Gasteiger partial charge in [-0.1, -0.05) is 6.92 Å². The summed E-state index contributed by atoms with van der Waals surface area (Å²) < 4.78 is 9.31. The van der Waals surface area contributed by atoms with Crippen LogP contribution in [0.25, 0.3) is 0 Å². The minimum absolute atomic E-state index is 0. The van der Waals surface area contributed by atoms with Crippen molar-refractivity contribution < 1.29 is 72.5 Å². The molecule has 6 heteroatoms. The van der Waals surface area contributed by atoms with E-state index in [0.29, 0.717) is 13.2 Å². The summed E-state index contributed by atoms with van der Waals surface area (Å²) in [7, 11) is 3.30. The van der Waals surface area contributed by atoms with Crippen LogP contribution >= 0.6 is 0 Å². The van der Waals surface area contributed by atoms with Crippen LogP contribution in [0.2, 0.25) is 0 Å². The van der Waals surface area contributed by atoms with E-state index >= 15 is 0 Å². The van der Waals surface area contributed by atoms with E-state index < -0.39 is 0 Å². The minimum Gasteiger partial charge on any atom is -1.00 e. The van der Waals surface area contributed by atoms with Gasteiger partial charge in [0.05, 0.1) is 13.2 Å². The van der Waals surface area contributed by atoms with E-state index in [0.717, 1.165) is 12.8 Å². The van der Waals surface area contributed by atoms with Gasteiger partial charge < -0.3 is 53.6 Å². The molecule has 0 saturated carbocycles. The van der Waals surface area contributed by atoms with E-state index in [1.165, 1.54) is 0 Å². The first-order valence-electron chi connectivity index (χ1n) is 4.82. The van der Waals surface area contributed by atoms with E-state index in [1.807, 2.05) is 19.1 Å². The molecule has 0 bridgehead atoms. The maximum absolute atomic E-state index is 4.66. The van der Waals surface area contributed by atoms with Crippen molar-refractivity contribution in [1.82, 2.24) is 0 Å². The molecule has 0 aromatic carbocycles. The topological polar surface area (TPSA) is 18.5 Å². The second-order valence-corrected chi connectivity index (χ2v) is 2.49. The van der Waals surface area contributed by atoms with Crippen LogP contribution in [-0.4, -0.2) is 27.4 Å². The monoisotopic (exact) mass is 483 g/mol. The van der Waals surface area contributed by atoms with E-state index in [1.54, 1.807) is 14.2 Å². The number of halogens is 3. The summed E-state index contributed by atoms with van der Waals surface area (Å²) >= 11 is 0. The standard InChI is InChI=1S/C5H5.C4H10O2.C3H7.3ClH.Hf/c1-2-4-5-3-1;1-5-3-4-6-2;1-3-2;;;;/h1-3H,4H2;3-4H2,1-2H3;1,3H2,2H3;3*1H;/q-1;;-1;;;;/p-3. The van der Waals surface area contributed by atoms with Crippen molar-refractivity contribution in [2.75, 3.05) is 27.4 Å². The maximum Gasteiger partial charge on any atom is 0.0696 e. The molecular weight excluding hydrogens is 461 g/mol. The fraction of sp³-hybridized carbons (Fsp3) is 0.583. The van der Waals surface area contributed by atoms with Crippen LogP contribution in [0.5, 0.6) is 0 Å². The van der Waals surface area contributed by atoms with E-state index in [-0.39, 0.29) is 63.1 Å². The smallest absolute Gasteiger partial charge is 0.0696 e. The van der Waals surface area contributed by atoms with Crippen LogP contribution in [0, 0.1) is 13.0 Å². The number of allylic oxidation sites excluding steroid dienone is 4. The quantitative estimate of drug-likeness (QED) is 0.226. The average molecular weight is 483 g/mol. The zero-order valence-electron chi connectivity index (χ0n) is 11.2. The SMILES string of the molecule is COCCOC.[C-]1=CC=CC1.[CH2-]CC.[Cl-].[Cl-].[Cl-].[Hf]. The second kappa shape index (κ2) is 42.9. The Balaban J connectivity index is -0.0000000280. The predicted octanol–water partition coefficient (Wildman–Crippen LogP) is -6.18. The number of methoxy groups -OCH3 is 2. The van der Waals surface area contributed by atoms with Gasteiger partial charge in [0.1, 0.15) is 0 Å². The van der Waals surface area contributed by atoms with Crippen LogP contribution in [0.3, 0.4) is 0 Å². The largest absolute Gasteiger partial charge is 1.00 e. The molecular formula is C12H22Cl3HfO2-5. The van der Waals surface area contributed by atoms with Crippen molar-refractivity contribution in [3.63, 3.8) is 0 Å². The minimum atomic E-state index is 0. The summed E-state index contributed by atoms with van der Waals surface area (Å²) in [6.45, 7) is 6.88. The normalized spacial score (nSPS) is 8.89. The molecule has 0 aromatic rings. The molecule has 0 aliphatic heterocycles. The van der Waals surface area contributed by atoms with Gasteiger partial charge in [-0.3, -0.25) is 6.08 Å². The van der Waals surface area contributed by atoms with Gasteiger partial charge in [-0.2, -0.15) is 12.5 Å².